The van der Waals surface area contributed by atoms with Gasteiger partial charge in [-0.25, -0.2) is 4.79 Å². The molecule has 0 aliphatic carbocycles. The predicted octanol–water partition coefficient (Wildman–Crippen LogP) is 1.39. The zero-order chi connectivity index (χ0) is 12.8. The number of nitrogens with zero attached hydrogens (tertiary/aromatic N) is 1. The molecule has 0 aromatic rings. The number of carbonyl (C=O) groups is 2. The van der Waals surface area contributed by atoms with E-state index < -0.39 is 5.97 Å². The molecule has 0 bridgehead atoms. The van der Waals surface area contributed by atoms with Crippen molar-refractivity contribution in [3.8, 4) is 0 Å². The molecule has 1 aliphatic rings. The van der Waals surface area contributed by atoms with Crippen LogP contribution >= 0.6 is 11.8 Å². The van der Waals surface area contributed by atoms with Crippen LogP contribution in [0, 0.1) is 0 Å². The second-order valence-electron chi connectivity index (χ2n) is 4.28. The Bertz CT molecular complexity index is 286. The van der Waals surface area contributed by atoms with E-state index in [0.717, 1.165) is 12.2 Å². The van der Waals surface area contributed by atoms with Gasteiger partial charge in [0.1, 0.15) is 0 Å². The average Bonchev–Trinajstić information content (AvgIpc) is 2.28. The van der Waals surface area contributed by atoms with Gasteiger partial charge in [0, 0.05) is 24.1 Å². The molecule has 1 heterocycles. The third-order valence-electron chi connectivity index (χ3n) is 2.88. The first-order valence-electron chi connectivity index (χ1n) is 5.91. The van der Waals surface area contributed by atoms with Gasteiger partial charge in [-0.3, -0.25) is 4.79 Å². The Morgan fingerprint density at radius 3 is 2.88 bits per heavy atom. The van der Waals surface area contributed by atoms with Crippen molar-refractivity contribution in [1.29, 1.82) is 0 Å². The molecule has 1 rings (SSSR count). The lowest BCUT2D eigenvalue weighted by Crippen LogP contribution is -2.52. The summed E-state index contributed by atoms with van der Waals surface area (Å²) in [6.45, 7) is 4.58. The molecule has 2 unspecified atom stereocenters. The second-order valence-corrected chi connectivity index (χ2v) is 5.43. The molecule has 0 radical (unpaired) electrons. The predicted molar refractivity (Wildman–Crippen MR) is 68.4 cm³/mol. The van der Waals surface area contributed by atoms with E-state index in [2.05, 4.69) is 5.32 Å². The lowest BCUT2D eigenvalue weighted by atomic mass is 10.2. The number of aliphatic carboxylic acids is 1. The summed E-state index contributed by atoms with van der Waals surface area (Å²) in [7, 11) is 0. The smallest absolute Gasteiger partial charge is 0.317 e. The minimum absolute atomic E-state index is 0.0287. The standard InChI is InChI=1S/C11H20N2O3S/c1-3-8(2)12-11(16)13-4-5-17-7-9(13)6-10(14)15/h8-9H,3-7H2,1-2H3,(H,12,16)(H,14,15). The van der Waals surface area contributed by atoms with Gasteiger partial charge in [-0.1, -0.05) is 6.92 Å². The number of hydrogen-bond donors (Lipinski definition) is 2. The highest BCUT2D eigenvalue weighted by atomic mass is 32.2. The van der Waals surface area contributed by atoms with Gasteiger partial charge in [0.2, 0.25) is 0 Å². The minimum Gasteiger partial charge on any atom is -0.481 e. The maximum Gasteiger partial charge on any atom is 0.317 e. The number of nitrogens with one attached hydrogen (secondary N) is 1. The summed E-state index contributed by atoms with van der Waals surface area (Å²) in [4.78, 5) is 24.4. The Balaban J connectivity index is 2.57. The van der Waals surface area contributed by atoms with Crippen LogP contribution in [0.15, 0.2) is 0 Å². The van der Waals surface area contributed by atoms with E-state index >= 15 is 0 Å². The number of carbonyl (C=O) groups excluding carboxylic acids is 1. The van der Waals surface area contributed by atoms with Crippen molar-refractivity contribution in [3.63, 3.8) is 0 Å². The van der Waals surface area contributed by atoms with E-state index in [1.165, 1.54) is 0 Å². The molecule has 17 heavy (non-hydrogen) atoms. The lowest BCUT2D eigenvalue weighted by molar-refractivity contribution is -0.137. The van der Waals surface area contributed by atoms with Crippen molar-refractivity contribution in [2.75, 3.05) is 18.1 Å². The van der Waals surface area contributed by atoms with Crippen molar-refractivity contribution < 1.29 is 14.7 Å². The molecule has 1 saturated heterocycles. The molecule has 98 valence electrons. The Labute approximate surface area is 106 Å². The Kier molecular flexibility index (Phi) is 5.61. The highest BCUT2D eigenvalue weighted by Gasteiger charge is 2.29. The molecule has 0 spiro atoms. The van der Waals surface area contributed by atoms with Gasteiger partial charge in [0.25, 0.3) is 0 Å². The van der Waals surface area contributed by atoms with Crippen LogP contribution in [0.2, 0.25) is 0 Å². The summed E-state index contributed by atoms with van der Waals surface area (Å²) in [6.07, 6.45) is 0.902. The van der Waals surface area contributed by atoms with E-state index in [-0.39, 0.29) is 24.5 Å². The number of rotatable bonds is 4. The lowest BCUT2D eigenvalue weighted by Gasteiger charge is -2.35. The van der Waals surface area contributed by atoms with E-state index in [9.17, 15) is 9.59 Å². The maximum absolute atomic E-state index is 12.0. The Hall–Kier alpha value is -0.910. The van der Waals surface area contributed by atoms with Gasteiger partial charge in [-0.2, -0.15) is 11.8 Å². The third-order valence-corrected chi connectivity index (χ3v) is 3.97. The summed E-state index contributed by atoms with van der Waals surface area (Å²) in [5, 5.41) is 11.7. The summed E-state index contributed by atoms with van der Waals surface area (Å²) in [5.41, 5.74) is 0. The number of urea groups is 1. The largest absolute Gasteiger partial charge is 0.481 e. The number of carboxylic acids is 1. The first kappa shape index (κ1) is 14.2. The van der Waals surface area contributed by atoms with Crippen molar-refractivity contribution in [3.05, 3.63) is 0 Å². The van der Waals surface area contributed by atoms with Crippen molar-refractivity contribution >= 4 is 23.8 Å². The molecule has 2 N–H and O–H groups in total. The van der Waals surface area contributed by atoms with Crippen molar-refractivity contribution in [2.24, 2.45) is 0 Å². The molecular weight excluding hydrogens is 240 g/mol. The topological polar surface area (TPSA) is 69.6 Å². The van der Waals surface area contributed by atoms with Gasteiger partial charge in [-0.15, -0.1) is 0 Å². The fourth-order valence-electron chi connectivity index (χ4n) is 1.69. The molecular formula is C11H20N2O3S. The average molecular weight is 260 g/mol. The number of carboxylic acid groups (broad SMARTS) is 1. The van der Waals surface area contributed by atoms with Gasteiger partial charge in [-0.05, 0) is 13.3 Å². The van der Waals surface area contributed by atoms with Gasteiger partial charge in [0.15, 0.2) is 0 Å². The first-order chi connectivity index (χ1) is 8.04. The molecule has 0 aromatic carbocycles. The molecule has 0 saturated carbocycles. The van der Waals surface area contributed by atoms with E-state index in [1.54, 1.807) is 16.7 Å². The van der Waals surface area contributed by atoms with Gasteiger partial charge in [0.05, 0.1) is 12.5 Å². The molecule has 0 aromatic heterocycles. The quantitative estimate of drug-likeness (QED) is 0.801. The number of thioether (sulfide) groups is 1. The first-order valence-corrected chi connectivity index (χ1v) is 7.06. The van der Waals surface area contributed by atoms with Crippen LogP contribution in [0.4, 0.5) is 4.79 Å². The van der Waals surface area contributed by atoms with Crippen LogP contribution in [0.25, 0.3) is 0 Å². The van der Waals surface area contributed by atoms with Crippen molar-refractivity contribution in [1.82, 2.24) is 10.2 Å². The molecule has 6 heteroatoms. The molecule has 5 nitrogen and oxygen atoms in total. The zero-order valence-corrected chi connectivity index (χ0v) is 11.1. The second kappa shape index (κ2) is 6.74. The van der Waals surface area contributed by atoms with Gasteiger partial charge >= 0.3 is 12.0 Å². The zero-order valence-electron chi connectivity index (χ0n) is 10.3. The minimum atomic E-state index is -0.848. The highest BCUT2D eigenvalue weighted by molar-refractivity contribution is 7.99. The van der Waals surface area contributed by atoms with Crippen LogP contribution < -0.4 is 5.32 Å². The van der Waals surface area contributed by atoms with E-state index in [0.29, 0.717) is 12.3 Å². The summed E-state index contributed by atoms with van der Waals surface area (Å²) >= 11 is 1.71. The fourth-order valence-corrected chi connectivity index (χ4v) is 2.75. The van der Waals surface area contributed by atoms with Gasteiger partial charge < -0.3 is 15.3 Å². The Morgan fingerprint density at radius 1 is 1.59 bits per heavy atom. The highest BCUT2D eigenvalue weighted by Crippen LogP contribution is 2.19. The van der Waals surface area contributed by atoms with Crippen molar-refractivity contribution in [2.45, 2.75) is 38.8 Å². The van der Waals surface area contributed by atoms with Crippen LogP contribution in [0.5, 0.6) is 0 Å². The monoisotopic (exact) mass is 260 g/mol. The summed E-state index contributed by atoms with van der Waals surface area (Å²) < 4.78 is 0. The summed E-state index contributed by atoms with van der Waals surface area (Å²) in [6, 6.07) is -0.191. The third kappa shape index (κ3) is 4.46. The molecule has 2 amide bonds. The van der Waals surface area contributed by atoms with Crippen LogP contribution in [0.1, 0.15) is 26.7 Å². The van der Waals surface area contributed by atoms with Crippen LogP contribution in [0.3, 0.4) is 0 Å². The molecule has 2 atom stereocenters. The fraction of sp³-hybridized carbons (Fsp3) is 0.818. The van der Waals surface area contributed by atoms with E-state index in [1.807, 2.05) is 13.8 Å². The molecule has 1 fully saturated rings. The normalized spacial score (nSPS) is 22.0. The van der Waals surface area contributed by atoms with Crippen LogP contribution in [-0.4, -0.2) is 52.1 Å². The number of hydrogen-bond acceptors (Lipinski definition) is 3. The SMILES string of the molecule is CCC(C)NC(=O)N1CCSCC1CC(=O)O. The van der Waals surface area contributed by atoms with E-state index in [4.69, 9.17) is 5.11 Å². The maximum atomic E-state index is 12.0. The summed E-state index contributed by atoms with van der Waals surface area (Å²) in [5.74, 6) is 0.739. The van der Waals surface area contributed by atoms with Crippen LogP contribution in [-0.2, 0) is 4.79 Å². The Morgan fingerprint density at radius 2 is 2.29 bits per heavy atom. The number of amides is 2. The molecule has 1 aliphatic heterocycles.